The number of halogens is 1. The molecule has 0 saturated heterocycles. The van der Waals surface area contributed by atoms with E-state index in [1.807, 2.05) is 18.4 Å². The maximum atomic E-state index is 11.9. The van der Waals surface area contributed by atoms with Crippen molar-refractivity contribution in [2.24, 2.45) is 0 Å². The van der Waals surface area contributed by atoms with Crippen LogP contribution in [0.3, 0.4) is 0 Å². The number of urea groups is 1. The standard InChI is InChI=1S/C12H13BrN4OS/c1-8-3-10(7-19-8)16-12(18)17(2)6-11-14-4-9(13)5-15-11/h3-5,7H,6H2,1-2H3,(H,16,18). The van der Waals surface area contributed by atoms with Gasteiger partial charge < -0.3 is 10.2 Å². The minimum absolute atomic E-state index is 0.177. The van der Waals surface area contributed by atoms with Crippen LogP contribution in [-0.4, -0.2) is 27.9 Å². The molecule has 0 fully saturated rings. The molecule has 19 heavy (non-hydrogen) atoms. The highest BCUT2D eigenvalue weighted by molar-refractivity contribution is 9.10. The molecule has 0 atom stereocenters. The van der Waals surface area contributed by atoms with Gasteiger partial charge in [0.25, 0.3) is 0 Å². The van der Waals surface area contributed by atoms with E-state index in [1.54, 1.807) is 30.8 Å². The Morgan fingerprint density at radius 2 is 2.16 bits per heavy atom. The number of thiophene rings is 1. The van der Waals surface area contributed by atoms with Gasteiger partial charge in [0, 0.05) is 29.7 Å². The number of hydrogen-bond acceptors (Lipinski definition) is 4. The summed E-state index contributed by atoms with van der Waals surface area (Å²) in [4.78, 5) is 22.9. The van der Waals surface area contributed by atoms with Gasteiger partial charge in [0.2, 0.25) is 0 Å². The van der Waals surface area contributed by atoms with Crippen LogP contribution in [-0.2, 0) is 6.54 Å². The third-order valence-corrected chi connectivity index (χ3v) is 3.65. The number of carbonyl (C=O) groups excluding carboxylic acids is 1. The quantitative estimate of drug-likeness (QED) is 0.932. The molecular formula is C12H13BrN4OS. The largest absolute Gasteiger partial charge is 0.322 e. The Morgan fingerprint density at radius 3 is 2.74 bits per heavy atom. The molecule has 2 heterocycles. The van der Waals surface area contributed by atoms with E-state index in [4.69, 9.17) is 0 Å². The zero-order valence-electron chi connectivity index (χ0n) is 10.6. The fraction of sp³-hybridized carbons (Fsp3) is 0.250. The molecule has 2 rings (SSSR count). The zero-order chi connectivity index (χ0) is 13.8. The normalized spacial score (nSPS) is 10.3. The summed E-state index contributed by atoms with van der Waals surface area (Å²) in [6.45, 7) is 2.36. The van der Waals surface area contributed by atoms with Crippen molar-refractivity contribution in [2.45, 2.75) is 13.5 Å². The predicted octanol–water partition coefficient (Wildman–Crippen LogP) is 3.27. The molecule has 2 amide bonds. The molecule has 100 valence electrons. The number of anilines is 1. The summed E-state index contributed by atoms with van der Waals surface area (Å²) < 4.78 is 0.817. The topological polar surface area (TPSA) is 58.1 Å². The van der Waals surface area contributed by atoms with E-state index in [-0.39, 0.29) is 6.03 Å². The third-order valence-electron chi connectivity index (χ3n) is 2.38. The smallest absolute Gasteiger partial charge is 0.320 e. The number of rotatable bonds is 3. The van der Waals surface area contributed by atoms with Crippen LogP contribution in [0.5, 0.6) is 0 Å². The highest BCUT2D eigenvalue weighted by Crippen LogP contribution is 2.18. The summed E-state index contributed by atoms with van der Waals surface area (Å²) in [7, 11) is 1.71. The van der Waals surface area contributed by atoms with Gasteiger partial charge >= 0.3 is 6.03 Å². The van der Waals surface area contributed by atoms with Gasteiger partial charge in [0.1, 0.15) is 5.82 Å². The lowest BCUT2D eigenvalue weighted by Gasteiger charge is -2.16. The van der Waals surface area contributed by atoms with E-state index in [0.29, 0.717) is 12.4 Å². The van der Waals surface area contributed by atoms with Crippen LogP contribution in [0, 0.1) is 6.92 Å². The van der Waals surface area contributed by atoms with Crippen molar-refractivity contribution >= 4 is 39.0 Å². The van der Waals surface area contributed by atoms with E-state index >= 15 is 0 Å². The fourth-order valence-electron chi connectivity index (χ4n) is 1.43. The minimum Gasteiger partial charge on any atom is -0.320 e. The number of carbonyl (C=O) groups is 1. The summed E-state index contributed by atoms with van der Waals surface area (Å²) in [5.74, 6) is 0.599. The van der Waals surface area contributed by atoms with Gasteiger partial charge in [-0.3, -0.25) is 0 Å². The number of nitrogens with zero attached hydrogens (tertiary/aromatic N) is 3. The molecule has 2 aromatic rings. The van der Waals surface area contributed by atoms with Gasteiger partial charge in [0.05, 0.1) is 16.7 Å². The molecule has 0 bridgehead atoms. The van der Waals surface area contributed by atoms with Crippen LogP contribution in [0.1, 0.15) is 10.7 Å². The highest BCUT2D eigenvalue weighted by atomic mass is 79.9. The molecule has 0 aliphatic carbocycles. The first-order valence-electron chi connectivity index (χ1n) is 5.58. The molecule has 0 radical (unpaired) electrons. The maximum absolute atomic E-state index is 11.9. The Morgan fingerprint density at radius 1 is 1.47 bits per heavy atom. The molecule has 0 saturated carbocycles. The van der Waals surface area contributed by atoms with Crippen molar-refractivity contribution in [3.05, 3.63) is 39.0 Å². The van der Waals surface area contributed by atoms with E-state index in [2.05, 4.69) is 31.2 Å². The molecule has 0 aliphatic heterocycles. The lowest BCUT2D eigenvalue weighted by molar-refractivity contribution is 0.219. The van der Waals surface area contributed by atoms with E-state index in [9.17, 15) is 4.79 Å². The van der Waals surface area contributed by atoms with Crippen molar-refractivity contribution in [2.75, 3.05) is 12.4 Å². The third kappa shape index (κ3) is 4.00. The van der Waals surface area contributed by atoms with Gasteiger partial charge in [-0.15, -0.1) is 11.3 Å². The van der Waals surface area contributed by atoms with E-state index in [1.165, 1.54) is 4.90 Å². The van der Waals surface area contributed by atoms with Crippen molar-refractivity contribution in [1.82, 2.24) is 14.9 Å². The second kappa shape index (κ2) is 6.12. The van der Waals surface area contributed by atoms with Gasteiger partial charge in [-0.25, -0.2) is 14.8 Å². The SMILES string of the molecule is Cc1cc(NC(=O)N(C)Cc2ncc(Br)cn2)cs1. The summed E-state index contributed by atoms with van der Waals surface area (Å²) in [5.41, 5.74) is 0.816. The summed E-state index contributed by atoms with van der Waals surface area (Å²) in [6, 6.07) is 1.76. The van der Waals surface area contributed by atoms with Gasteiger partial charge in [-0.1, -0.05) is 0 Å². The zero-order valence-corrected chi connectivity index (χ0v) is 13.0. The van der Waals surface area contributed by atoms with Crippen LogP contribution in [0.15, 0.2) is 28.3 Å². The predicted molar refractivity (Wildman–Crippen MR) is 79.3 cm³/mol. The van der Waals surface area contributed by atoms with Crippen molar-refractivity contribution in [3.63, 3.8) is 0 Å². The highest BCUT2D eigenvalue weighted by Gasteiger charge is 2.11. The average molecular weight is 341 g/mol. The van der Waals surface area contributed by atoms with Gasteiger partial charge in [-0.2, -0.15) is 0 Å². The first-order chi connectivity index (χ1) is 9.04. The molecular weight excluding hydrogens is 328 g/mol. The molecule has 0 unspecified atom stereocenters. The maximum Gasteiger partial charge on any atom is 0.322 e. The Hall–Kier alpha value is -1.47. The average Bonchev–Trinajstić information content (AvgIpc) is 2.77. The second-order valence-corrected chi connectivity index (χ2v) is 6.08. The van der Waals surface area contributed by atoms with Gasteiger partial charge in [-0.05, 0) is 28.9 Å². The molecule has 2 aromatic heterocycles. The summed E-state index contributed by atoms with van der Waals surface area (Å²) in [6.07, 6.45) is 3.33. The van der Waals surface area contributed by atoms with Crippen molar-refractivity contribution in [1.29, 1.82) is 0 Å². The number of aryl methyl sites for hydroxylation is 1. The summed E-state index contributed by atoms with van der Waals surface area (Å²) >= 11 is 4.87. The fourth-order valence-corrected chi connectivity index (χ4v) is 2.27. The molecule has 0 aromatic carbocycles. The molecule has 1 N–H and O–H groups in total. The molecule has 5 nitrogen and oxygen atoms in total. The monoisotopic (exact) mass is 340 g/mol. The van der Waals surface area contributed by atoms with Crippen LogP contribution in [0.2, 0.25) is 0 Å². The summed E-state index contributed by atoms with van der Waals surface area (Å²) in [5, 5.41) is 4.74. The number of nitrogens with one attached hydrogen (secondary N) is 1. The Bertz CT molecular complexity index is 569. The van der Waals surface area contributed by atoms with Crippen LogP contribution in [0.25, 0.3) is 0 Å². The van der Waals surface area contributed by atoms with Crippen molar-refractivity contribution in [3.8, 4) is 0 Å². The van der Waals surface area contributed by atoms with E-state index in [0.717, 1.165) is 15.0 Å². The number of hydrogen-bond donors (Lipinski definition) is 1. The van der Waals surface area contributed by atoms with Gasteiger partial charge in [0.15, 0.2) is 0 Å². The molecule has 0 aliphatic rings. The van der Waals surface area contributed by atoms with Crippen molar-refractivity contribution < 1.29 is 4.79 Å². The van der Waals surface area contributed by atoms with Crippen LogP contribution >= 0.6 is 27.3 Å². The van der Waals surface area contributed by atoms with Crippen LogP contribution < -0.4 is 5.32 Å². The molecule has 0 spiro atoms. The molecule has 7 heteroatoms. The minimum atomic E-state index is -0.177. The Labute approximate surface area is 123 Å². The Balaban J connectivity index is 1.94. The number of amides is 2. The lowest BCUT2D eigenvalue weighted by atomic mass is 10.4. The first kappa shape index (κ1) is 14.0. The van der Waals surface area contributed by atoms with E-state index < -0.39 is 0 Å². The second-order valence-electron chi connectivity index (χ2n) is 4.05. The lowest BCUT2D eigenvalue weighted by Crippen LogP contribution is -2.31. The Kier molecular flexibility index (Phi) is 4.49. The first-order valence-corrected chi connectivity index (χ1v) is 7.25. The number of aromatic nitrogens is 2. The van der Waals surface area contributed by atoms with Crippen LogP contribution in [0.4, 0.5) is 10.5 Å².